The first kappa shape index (κ1) is 22.3. The van der Waals surface area contributed by atoms with Crippen LogP contribution in [-0.2, 0) is 4.74 Å². The molecule has 0 aromatic carbocycles. The summed E-state index contributed by atoms with van der Waals surface area (Å²) >= 11 is 0. The summed E-state index contributed by atoms with van der Waals surface area (Å²) in [5.41, 5.74) is -0.443. The molecule has 0 heterocycles. The Bertz CT molecular complexity index is 295. The summed E-state index contributed by atoms with van der Waals surface area (Å²) in [6.45, 7) is 16.4. The van der Waals surface area contributed by atoms with Gasteiger partial charge >= 0.3 is 6.09 Å². The van der Waals surface area contributed by atoms with Crippen LogP contribution < -0.4 is 0 Å². The molecule has 0 saturated carbocycles. The monoisotopic (exact) mass is 323 g/mol. The third kappa shape index (κ3) is 9.81. The van der Waals surface area contributed by atoms with Crippen LogP contribution in [0, 0.1) is 0 Å². The molecule has 0 spiro atoms. The molecule has 1 amide bonds. The lowest BCUT2D eigenvalue weighted by molar-refractivity contribution is 0.0237. The van der Waals surface area contributed by atoms with Crippen molar-refractivity contribution in [1.82, 2.24) is 4.90 Å². The van der Waals surface area contributed by atoms with E-state index in [1.54, 1.807) is 11.9 Å². The average molecular weight is 324 g/mol. The first-order chi connectivity index (χ1) is 8.33. The maximum absolute atomic E-state index is 12.0. The Balaban J connectivity index is 0. The molecule has 0 fully saturated rings. The van der Waals surface area contributed by atoms with Crippen molar-refractivity contribution in [3.05, 3.63) is 0 Å². The highest BCUT2D eigenvalue weighted by molar-refractivity contribution is 8.77. The second-order valence-electron chi connectivity index (χ2n) is 6.83. The first-order valence-corrected chi connectivity index (χ1v) is 8.85. The van der Waals surface area contributed by atoms with Crippen LogP contribution in [-0.4, -0.2) is 39.7 Å². The average Bonchev–Trinajstić information content (AvgIpc) is 2.20. The molecule has 2 atom stereocenters. The second kappa shape index (κ2) is 8.42. The van der Waals surface area contributed by atoms with Gasteiger partial charge in [0.1, 0.15) is 5.60 Å². The zero-order valence-corrected chi connectivity index (χ0v) is 15.4. The van der Waals surface area contributed by atoms with Crippen LogP contribution in [0.5, 0.6) is 0 Å². The van der Waals surface area contributed by atoms with Gasteiger partial charge in [-0.2, -0.15) is 0 Å². The van der Waals surface area contributed by atoms with Crippen molar-refractivity contribution in [2.24, 2.45) is 0 Å². The molecule has 0 bridgehead atoms. The summed E-state index contributed by atoms with van der Waals surface area (Å²) in [6, 6.07) is 0.134. The third-order valence-corrected chi connectivity index (χ3v) is 6.41. The van der Waals surface area contributed by atoms with E-state index in [0.717, 1.165) is 0 Å². The van der Waals surface area contributed by atoms with Gasteiger partial charge in [-0.25, -0.2) is 4.79 Å². The number of hydrogen-bond donors (Lipinski definition) is 0. The van der Waals surface area contributed by atoms with Crippen LogP contribution in [0.25, 0.3) is 0 Å². The van der Waals surface area contributed by atoms with Gasteiger partial charge in [-0.3, -0.25) is 0 Å². The van der Waals surface area contributed by atoms with Gasteiger partial charge in [0.25, 0.3) is 0 Å². The van der Waals surface area contributed by atoms with Crippen LogP contribution in [0.1, 0.15) is 62.8 Å². The fraction of sp³-hybridized carbons (Fsp3) is 0.933. The van der Waals surface area contributed by atoms with Crippen molar-refractivity contribution in [2.45, 2.75) is 84.5 Å². The van der Waals surface area contributed by atoms with E-state index in [2.05, 4.69) is 34.6 Å². The molecule has 0 aliphatic heterocycles. The summed E-state index contributed by atoms with van der Waals surface area (Å²) in [6.07, 6.45) is -0.256. The Kier molecular flexibility index (Phi) is 9.37. The Hall–Kier alpha value is -0.0300. The Morgan fingerprint density at radius 2 is 1.55 bits per heavy atom. The van der Waals surface area contributed by atoms with E-state index < -0.39 is 5.60 Å². The third-order valence-electron chi connectivity index (χ3n) is 2.42. The summed E-state index contributed by atoms with van der Waals surface area (Å²) in [5, 5.41) is 0.349. The lowest BCUT2D eigenvalue weighted by Gasteiger charge is -2.32. The highest BCUT2D eigenvalue weighted by atomic mass is 33.1. The van der Waals surface area contributed by atoms with E-state index >= 15 is 0 Å². The number of carbonyl (C=O) groups is 1. The molecular weight excluding hydrogens is 290 g/mol. The van der Waals surface area contributed by atoms with E-state index in [4.69, 9.17) is 4.74 Å². The maximum Gasteiger partial charge on any atom is 0.410 e. The Labute approximate surface area is 134 Å². The van der Waals surface area contributed by atoms with E-state index in [1.807, 2.05) is 42.4 Å². The minimum Gasteiger partial charge on any atom is -0.444 e. The van der Waals surface area contributed by atoms with Crippen molar-refractivity contribution >= 4 is 27.7 Å². The number of carbonyl (C=O) groups excluding carboxylic acids is 1. The molecule has 0 aromatic heterocycles. The number of amides is 1. The van der Waals surface area contributed by atoms with Crippen molar-refractivity contribution in [2.75, 3.05) is 7.05 Å². The normalized spacial score (nSPS) is 15.1. The molecule has 5 heteroatoms. The highest BCUT2D eigenvalue weighted by Gasteiger charge is 2.27. The first-order valence-electron chi connectivity index (χ1n) is 6.64. The van der Waals surface area contributed by atoms with E-state index in [0.29, 0.717) is 5.25 Å². The van der Waals surface area contributed by atoms with Gasteiger partial charge in [0.2, 0.25) is 0 Å². The van der Waals surface area contributed by atoms with Gasteiger partial charge in [-0.05, 0) is 27.7 Å². The zero-order chi connectivity index (χ0) is 15.4. The SMILES string of the molecule is C.CC(SSC(C)(C)C)C(C)N(C)C(=O)OC(C)(C)C. The van der Waals surface area contributed by atoms with Gasteiger partial charge in [-0.15, -0.1) is 0 Å². The summed E-state index contributed by atoms with van der Waals surface area (Å²) in [5.74, 6) is 0. The maximum atomic E-state index is 12.0. The van der Waals surface area contributed by atoms with Gasteiger partial charge < -0.3 is 9.64 Å². The molecule has 0 aliphatic rings. The van der Waals surface area contributed by atoms with Crippen LogP contribution in [0.4, 0.5) is 4.79 Å². The van der Waals surface area contributed by atoms with Crippen LogP contribution in [0.2, 0.25) is 0 Å². The molecule has 0 radical (unpaired) electrons. The van der Waals surface area contributed by atoms with Crippen molar-refractivity contribution < 1.29 is 9.53 Å². The highest BCUT2D eigenvalue weighted by Crippen LogP contribution is 2.39. The largest absolute Gasteiger partial charge is 0.444 e. The van der Waals surface area contributed by atoms with Gasteiger partial charge in [-0.1, -0.05) is 56.7 Å². The standard InChI is InChI=1S/C14H29NO2S2.CH4/c1-10(11(2)18-19-14(6,7)8)15(9)12(16)17-13(3,4)5;/h10-11H,1-9H3;1H4. The number of nitrogens with zero attached hydrogens (tertiary/aromatic N) is 1. The minimum absolute atomic E-state index is 0. The summed E-state index contributed by atoms with van der Waals surface area (Å²) < 4.78 is 5.61. The number of hydrogen-bond acceptors (Lipinski definition) is 4. The smallest absolute Gasteiger partial charge is 0.410 e. The lowest BCUT2D eigenvalue weighted by atomic mass is 10.2. The van der Waals surface area contributed by atoms with Crippen molar-refractivity contribution in [1.29, 1.82) is 0 Å². The Morgan fingerprint density at radius 1 is 1.10 bits per heavy atom. The topological polar surface area (TPSA) is 29.5 Å². The quantitative estimate of drug-likeness (QED) is 0.644. The molecule has 0 N–H and O–H groups in total. The van der Waals surface area contributed by atoms with E-state index in [9.17, 15) is 4.79 Å². The second-order valence-corrected chi connectivity index (χ2v) is 10.2. The van der Waals surface area contributed by atoms with Crippen LogP contribution >= 0.6 is 21.6 Å². The minimum atomic E-state index is -0.443. The zero-order valence-electron chi connectivity index (χ0n) is 13.7. The fourth-order valence-electron chi connectivity index (χ4n) is 1.12. The summed E-state index contributed by atoms with van der Waals surface area (Å²) in [4.78, 5) is 13.7. The van der Waals surface area contributed by atoms with E-state index in [1.165, 1.54) is 0 Å². The van der Waals surface area contributed by atoms with Gasteiger partial charge in [0, 0.05) is 23.1 Å². The molecule has 0 saturated heterocycles. The molecule has 0 aliphatic carbocycles. The Morgan fingerprint density at radius 3 is 1.90 bits per heavy atom. The molecule has 0 rings (SSSR count). The molecule has 20 heavy (non-hydrogen) atoms. The van der Waals surface area contributed by atoms with Gasteiger partial charge in [0.15, 0.2) is 0 Å². The summed E-state index contributed by atoms with van der Waals surface area (Å²) in [7, 11) is 5.48. The number of rotatable bonds is 4. The molecular formula is C15H33NO2S2. The predicted octanol–water partition coefficient (Wildman–Crippen LogP) is 5.45. The van der Waals surface area contributed by atoms with Crippen LogP contribution in [0.15, 0.2) is 0 Å². The lowest BCUT2D eigenvalue weighted by Crippen LogP contribution is -2.43. The molecule has 0 aromatic rings. The molecule has 3 nitrogen and oxygen atoms in total. The number of ether oxygens (including phenoxy) is 1. The van der Waals surface area contributed by atoms with Gasteiger partial charge in [0.05, 0.1) is 0 Å². The fourth-order valence-corrected chi connectivity index (χ4v) is 3.70. The predicted molar refractivity (Wildman–Crippen MR) is 94.6 cm³/mol. The van der Waals surface area contributed by atoms with Crippen molar-refractivity contribution in [3.8, 4) is 0 Å². The van der Waals surface area contributed by atoms with E-state index in [-0.39, 0.29) is 24.3 Å². The molecule has 122 valence electrons. The van der Waals surface area contributed by atoms with Crippen molar-refractivity contribution in [3.63, 3.8) is 0 Å². The molecule has 2 unspecified atom stereocenters. The van der Waals surface area contributed by atoms with Crippen LogP contribution in [0.3, 0.4) is 0 Å².